The fourth-order valence-corrected chi connectivity index (χ4v) is 3.27. The molecule has 1 unspecified atom stereocenters. The van der Waals surface area contributed by atoms with Crippen LogP contribution in [0.3, 0.4) is 0 Å². The Morgan fingerprint density at radius 2 is 1.81 bits per heavy atom. The molecule has 2 rings (SSSR count). The number of amides is 2. The van der Waals surface area contributed by atoms with E-state index in [1.807, 2.05) is 18.2 Å². The molecule has 26 heavy (non-hydrogen) atoms. The number of rotatable bonds is 9. The van der Waals surface area contributed by atoms with E-state index in [9.17, 15) is 4.79 Å². The van der Waals surface area contributed by atoms with Crippen LogP contribution in [-0.4, -0.2) is 65.0 Å². The lowest BCUT2D eigenvalue weighted by atomic mass is 10.0. The highest BCUT2D eigenvalue weighted by Gasteiger charge is 2.24. The third kappa shape index (κ3) is 5.78. The number of benzene rings is 1. The van der Waals surface area contributed by atoms with Gasteiger partial charge in [-0.2, -0.15) is 0 Å². The number of urea groups is 1. The molecular weight excluding hydrogens is 334 g/mol. The highest BCUT2D eigenvalue weighted by Crippen LogP contribution is 2.32. The number of piperidine rings is 1. The van der Waals surface area contributed by atoms with E-state index in [2.05, 4.69) is 15.5 Å². The van der Waals surface area contributed by atoms with Gasteiger partial charge in [-0.15, -0.1) is 0 Å². The van der Waals surface area contributed by atoms with E-state index in [4.69, 9.17) is 14.2 Å². The predicted molar refractivity (Wildman–Crippen MR) is 101 cm³/mol. The SMILES string of the molecule is COCCNC(=O)NCC(c1ccc(OC)c(OC)c1)N1CCCCC1. The Balaban J connectivity index is 2.09. The molecule has 0 aliphatic carbocycles. The molecule has 1 aliphatic rings. The Kier molecular flexibility index (Phi) is 8.50. The zero-order valence-electron chi connectivity index (χ0n) is 16.0. The molecule has 2 N–H and O–H groups in total. The molecule has 0 bridgehead atoms. The van der Waals surface area contributed by atoms with Gasteiger partial charge in [0, 0.05) is 20.2 Å². The summed E-state index contributed by atoms with van der Waals surface area (Å²) in [4.78, 5) is 14.4. The van der Waals surface area contributed by atoms with E-state index in [-0.39, 0.29) is 12.1 Å². The highest BCUT2D eigenvalue weighted by molar-refractivity contribution is 5.73. The maximum atomic E-state index is 12.0. The van der Waals surface area contributed by atoms with Gasteiger partial charge in [-0.1, -0.05) is 12.5 Å². The number of nitrogens with one attached hydrogen (secondary N) is 2. The van der Waals surface area contributed by atoms with E-state index in [1.54, 1.807) is 21.3 Å². The van der Waals surface area contributed by atoms with Gasteiger partial charge in [-0.05, 0) is 43.6 Å². The summed E-state index contributed by atoms with van der Waals surface area (Å²) in [5, 5.41) is 5.78. The molecular formula is C19H31N3O4. The zero-order chi connectivity index (χ0) is 18.8. The van der Waals surface area contributed by atoms with Crippen LogP contribution >= 0.6 is 0 Å². The van der Waals surface area contributed by atoms with Crippen LogP contribution in [0.25, 0.3) is 0 Å². The highest BCUT2D eigenvalue weighted by atomic mass is 16.5. The standard InChI is InChI=1S/C19H31N3O4/c1-24-12-9-20-19(23)21-14-16(22-10-5-4-6-11-22)15-7-8-17(25-2)18(13-15)26-3/h7-8,13,16H,4-6,9-12,14H2,1-3H3,(H2,20,21,23). The summed E-state index contributed by atoms with van der Waals surface area (Å²) in [6, 6.07) is 5.89. The molecule has 1 saturated heterocycles. The van der Waals surface area contributed by atoms with Gasteiger partial charge in [-0.3, -0.25) is 4.90 Å². The fraction of sp³-hybridized carbons (Fsp3) is 0.632. The molecule has 7 heteroatoms. The first kappa shape index (κ1) is 20.3. The second-order valence-corrected chi connectivity index (χ2v) is 6.36. The molecule has 7 nitrogen and oxygen atoms in total. The van der Waals surface area contributed by atoms with Crippen molar-refractivity contribution in [1.82, 2.24) is 15.5 Å². The van der Waals surface area contributed by atoms with Gasteiger partial charge in [0.25, 0.3) is 0 Å². The summed E-state index contributed by atoms with van der Waals surface area (Å²) in [7, 11) is 4.88. The maximum absolute atomic E-state index is 12.0. The zero-order valence-corrected chi connectivity index (χ0v) is 16.0. The van der Waals surface area contributed by atoms with Crippen molar-refractivity contribution in [2.24, 2.45) is 0 Å². The van der Waals surface area contributed by atoms with Crippen molar-refractivity contribution >= 4 is 6.03 Å². The Labute approximate surface area is 156 Å². The third-order valence-corrected chi connectivity index (χ3v) is 4.67. The molecule has 0 aromatic heterocycles. The Bertz CT molecular complexity index is 562. The Hall–Kier alpha value is -1.99. The summed E-state index contributed by atoms with van der Waals surface area (Å²) >= 11 is 0. The monoisotopic (exact) mass is 365 g/mol. The second-order valence-electron chi connectivity index (χ2n) is 6.36. The van der Waals surface area contributed by atoms with Crippen LogP contribution in [-0.2, 0) is 4.74 Å². The van der Waals surface area contributed by atoms with Gasteiger partial charge in [0.2, 0.25) is 0 Å². The molecule has 0 saturated carbocycles. The minimum Gasteiger partial charge on any atom is -0.493 e. The maximum Gasteiger partial charge on any atom is 0.314 e. The normalized spacial score (nSPS) is 16.0. The van der Waals surface area contributed by atoms with Gasteiger partial charge in [0.1, 0.15) is 0 Å². The average molecular weight is 365 g/mol. The van der Waals surface area contributed by atoms with Crippen LogP contribution in [0.5, 0.6) is 11.5 Å². The lowest BCUT2D eigenvalue weighted by molar-refractivity contribution is 0.159. The van der Waals surface area contributed by atoms with Crippen molar-refractivity contribution in [3.05, 3.63) is 23.8 Å². The minimum atomic E-state index is -0.176. The Morgan fingerprint density at radius 1 is 1.08 bits per heavy atom. The van der Waals surface area contributed by atoms with Gasteiger partial charge in [0.05, 0.1) is 26.9 Å². The van der Waals surface area contributed by atoms with Crippen LogP contribution in [0.4, 0.5) is 4.79 Å². The van der Waals surface area contributed by atoms with E-state index >= 15 is 0 Å². The fourth-order valence-electron chi connectivity index (χ4n) is 3.27. The summed E-state index contributed by atoms with van der Waals surface area (Å²) < 4.78 is 15.7. The first-order valence-corrected chi connectivity index (χ1v) is 9.16. The number of nitrogens with zero attached hydrogens (tertiary/aromatic N) is 1. The number of likely N-dealkylation sites (tertiary alicyclic amines) is 1. The number of hydrogen-bond donors (Lipinski definition) is 2. The van der Waals surface area contributed by atoms with Crippen LogP contribution in [0.1, 0.15) is 30.9 Å². The lowest BCUT2D eigenvalue weighted by Gasteiger charge is -2.35. The van der Waals surface area contributed by atoms with E-state index in [1.165, 1.54) is 19.3 Å². The molecule has 1 aromatic carbocycles. The molecule has 2 amide bonds. The molecule has 1 aromatic rings. The van der Waals surface area contributed by atoms with E-state index in [0.29, 0.717) is 31.2 Å². The average Bonchev–Trinajstić information content (AvgIpc) is 2.69. The number of hydrogen-bond acceptors (Lipinski definition) is 5. The number of carbonyl (C=O) groups excluding carboxylic acids is 1. The van der Waals surface area contributed by atoms with Crippen molar-refractivity contribution in [3.63, 3.8) is 0 Å². The van der Waals surface area contributed by atoms with Crippen molar-refractivity contribution in [3.8, 4) is 11.5 Å². The third-order valence-electron chi connectivity index (χ3n) is 4.67. The summed E-state index contributed by atoms with van der Waals surface area (Å²) in [6.07, 6.45) is 3.63. The van der Waals surface area contributed by atoms with Crippen LogP contribution in [0.2, 0.25) is 0 Å². The molecule has 1 atom stereocenters. The molecule has 1 heterocycles. The van der Waals surface area contributed by atoms with E-state index < -0.39 is 0 Å². The first-order valence-electron chi connectivity index (χ1n) is 9.16. The van der Waals surface area contributed by atoms with Crippen LogP contribution in [0, 0.1) is 0 Å². The number of carbonyl (C=O) groups is 1. The van der Waals surface area contributed by atoms with Gasteiger partial charge >= 0.3 is 6.03 Å². The van der Waals surface area contributed by atoms with E-state index in [0.717, 1.165) is 18.7 Å². The van der Waals surface area contributed by atoms with Crippen molar-refractivity contribution in [1.29, 1.82) is 0 Å². The molecule has 0 radical (unpaired) electrons. The predicted octanol–water partition coefficient (Wildman–Crippen LogP) is 2.18. The quantitative estimate of drug-likeness (QED) is 0.656. The number of methoxy groups -OCH3 is 3. The number of ether oxygens (including phenoxy) is 3. The molecule has 1 aliphatic heterocycles. The topological polar surface area (TPSA) is 72.1 Å². The van der Waals surface area contributed by atoms with Crippen LogP contribution < -0.4 is 20.1 Å². The van der Waals surface area contributed by atoms with Crippen LogP contribution in [0.15, 0.2) is 18.2 Å². The Morgan fingerprint density at radius 3 is 2.46 bits per heavy atom. The summed E-state index contributed by atoms with van der Waals surface area (Å²) in [5.74, 6) is 1.41. The first-order chi connectivity index (χ1) is 12.7. The van der Waals surface area contributed by atoms with Crippen molar-refractivity contribution in [2.45, 2.75) is 25.3 Å². The second kappa shape index (κ2) is 10.9. The molecule has 146 valence electrons. The largest absolute Gasteiger partial charge is 0.493 e. The van der Waals surface area contributed by atoms with Crippen molar-refractivity contribution < 1.29 is 19.0 Å². The molecule has 0 spiro atoms. The van der Waals surface area contributed by atoms with Gasteiger partial charge < -0.3 is 24.8 Å². The summed E-state index contributed by atoms with van der Waals surface area (Å²) in [5.41, 5.74) is 1.11. The molecule has 1 fully saturated rings. The lowest BCUT2D eigenvalue weighted by Crippen LogP contribution is -2.44. The van der Waals surface area contributed by atoms with Gasteiger partial charge in [-0.25, -0.2) is 4.79 Å². The minimum absolute atomic E-state index is 0.100. The smallest absolute Gasteiger partial charge is 0.314 e. The van der Waals surface area contributed by atoms with Gasteiger partial charge in [0.15, 0.2) is 11.5 Å². The summed E-state index contributed by atoms with van der Waals surface area (Å²) in [6.45, 7) is 3.60. The van der Waals surface area contributed by atoms with Crippen molar-refractivity contribution in [2.75, 3.05) is 54.1 Å².